The number of morpholine rings is 1. The van der Waals surface area contributed by atoms with Gasteiger partial charge in [-0.25, -0.2) is 4.79 Å². The largest absolute Gasteiger partial charge is 0.494 e. The molecule has 1 fully saturated rings. The van der Waals surface area contributed by atoms with Gasteiger partial charge >= 0.3 is 5.97 Å². The standard InChI is InChI=1S/C23H28N2O6S/c1-3-11-31-18-7-5-17(6-8-18)14-19-23(28)25(21(32-19)15-22(27)30-4-2)16-20(26)24-9-12-29-13-10-24/h5-8,14-15H,3-4,9-13,16H2,1-2H3/b19-14-,21-15-. The van der Waals surface area contributed by atoms with Gasteiger partial charge in [0.1, 0.15) is 17.0 Å². The van der Waals surface area contributed by atoms with Crippen molar-refractivity contribution in [1.29, 1.82) is 0 Å². The van der Waals surface area contributed by atoms with Crippen LogP contribution >= 0.6 is 11.3 Å². The quantitative estimate of drug-likeness (QED) is 0.540. The molecular formula is C23H28N2O6S. The van der Waals surface area contributed by atoms with Gasteiger partial charge in [0, 0.05) is 13.1 Å². The second-order valence-corrected chi connectivity index (χ2v) is 8.21. The van der Waals surface area contributed by atoms with E-state index in [-0.39, 0.29) is 24.6 Å². The second-order valence-electron chi connectivity index (χ2n) is 7.15. The normalized spacial score (nSPS) is 15.1. The number of hydrogen-bond donors (Lipinski definition) is 0. The Kier molecular flexibility index (Phi) is 8.64. The summed E-state index contributed by atoms with van der Waals surface area (Å²) in [6.45, 7) is 6.40. The number of benzene rings is 1. The predicted octanol–water partition coefficient (Wildman–Crippen LogP) is 0.730. The molecule has 0 aliphatic carbocycles. The Labute approximate surface area is 190 Å². The average Bonchev–Trinajstić information content (AvgIpc) is 3.08. The number of hydrogen-bond acceptors (Lipinski definition) is 7. The zero-order valence-electron chi connectivity index (χ0n) is 18.4. The van der Waals surface area contributed by atoms with E-state index < -0.39 is 5.97 Å². The van der Waals surface area contributed by atoms with Crippen molar-refractivity contribution < 1.29 is 23.8 Å². The van der Waals surface area contributed by atoms with Crippen LogP contribution in [0.4, 0.5) is 0 Å². The van der Waals surface area contributed by atoms with Crippen LogP contribution in [0.25, 0.3) is 12.2 Å². The predicted molar refractivity (Wildman–Crippen MR) is 122 cm³/mol. The zero-order valence-corrected chi connectivity index (χ0v) is 19.2. The molecule has 0 saturated carbocycles. The number of rotatable bonds is 8. The van der Waals surface area contributed by atoms with Crippen LogP contribution < -0.4 is 19.5 Å². The van der Waals surface area contributed by atoms with E-state index in [9.17, 15) is 14.4 Å². The third kappa shape index (κ3) is 6.30. The minimum atomic E-state index is -0.551. The van der Waals surface area contributed by atoms with E-state index in [4.69, 9.17) is 14.2 Å². The Bertz CT molecular complexity index is 1100. The van der Waals surface area contributed by atoms with E-state index in [2.05, 4.69) is 0 Å². The Hall–Kier alpha value is -2.91. The molecule has 0 unspecified atom stereocenters. The van der Waals surface area contributed by atoms with Gasteiger partial charge in [-0.05, 0) is 37.1 Å². The topological polar surface area (TPSA) is 87.1 Å². The molecule has 2 aromatic rings. The first-order valence-corrected chi connectivity index (χ1v) is 11.5. The van der Waals surface area contributed by atoms with E-state index in [1.165, 1.54) is 10.6 Å². The fraction of sp³-hybridized carbons (Fsp3) is 0.435. The molecule has 0 spiro atoms. The van der Waals surface area contributed by atoms with Crippen LogP contribution in [0.1, 0.15) is 25.8 Å². The van der Waals surface area contributed by atoms with E-state index in [1.807, 2.05) is 31.2 Å². The molecule has 0 N–H and O–H groups in total. The SMILES string of the molecule is CCCOc1ccc(/C=c2\s/c(=C\C(=O)OCC)n(CC(=O)N3CCOCC3)c2=O)cc1. The Balaban J connectivity index is 1.94. The molecule has 1 aliphatic heterocycles. The van der Waals surface area contributed by atoms with Crippen molar-refractivity contribution >= 4 is 35.4 Å². The zero-order chi connectivity index (χ0) is 22.9. The lowest BCUT2D eigenvalue weighted by Gasteiger charge is -2.26. The number of nitrogens with zero attached hydrogens (tertiary/aromatic N) is 2. The highest BCUT2D eigenvalue weighted by Crippen LogP contribution is 2.12. The van der Waals surface area contributed by atoms with Gasteiger partial charge in [0.05, 0.1) is 37.0 Å². The molecule has 1 aromatic carbocycles. The minimum absolute atomic E-state index is 0.141. The van der Waals surface area contributed by atoms with Gasteiger partial charge in [-0.2, -0.15) is 0 Å². The summed E-state index contributed by atoms with van der Waals surface area (Å²) in [5.74, 6) is 0.0287. The number of ether oxygens (including phenoxy) is 3. The first-order valence-electron chi connectivity index (χ1n) is 10.7. The maximum absolute atomic E-state index is 13.1. The molecule has 3 rings (SSSR count). The maximum Gasteiger partial charge on any atom is 0.333 e. The van der Waals surface area contributed by atoms with Crippen LogP contribution in [0.5, 0.6) is 5.75 Å². The van der Waals surface area contributed by atoms with E-state index in [0.717, 1.165) is 29.1 Å². The molecule has 1 amide bonds. The molecule has 1 aromatic heterocycles. The van der Waals surface area contributed by atoms with Crippen molar-refractivity contribution in [3.8, 4) is 5.75 Å². The fourth-order valence-electron chi connectivity index (χ4n) is 3.16. The first kappa shape index (κ1) is 23.7. The number of aromatic nitrogens is 1. The number of esters is 1. The molecule has 0 radical (unpaired) electrons. The monoisotopic (exact) mass is 460 g/mol. The van der Waals surface area contributed by atoms with Gasteiger partial charge in [-0.15, -0.1) is 11.3 Å². The number of carbonyl (C=O) groups is 2. The van der Waals surface area contributed by atoms with E-state index >= 15 is 0 Å². The molecular weight excluding hydrogens is 432 g/mol. The Morgan fingerprint density at radius 2 is 1.88 bits per heavy atom. The van der Waals surface area contributed by atoms with Crippen LogP contribution in [0.2, 0.25) is 0 Å². The van der Waals surface area contributed by atoms with Crippen LogP contribution in [0, 0.1) is 0 Å². The van der Waals surface area contributed by atoms with E-state index in [1.54, 1.807) is 17.9 Å². The van der Waals surface area contributed by atoms with Crippen molar-refractivity contribution in [2.45, 2.75) is 26.8 Å². The molecule has 0 atom stereocenters. The summed E-state index contributed by atoms with van der Waals surface area (Å²) in [5, 5.41) is 0. The molecule has 9 heteroatoms. The maximum atomic E-state index is 13.1. The highest BCUT2D eigenvalue weighted by atomic mass is 32.1. The van der Waals surface area contributed by atoms with Gasteiger partial charge < -0.3 is 19.1 Å². The van der Waals surface area contributed by atoms with Crippen molar-refractivity contribution in [2.24, 2.45) is 0 Å². The summed E-state index contributed by atoms with van der Waals surface area (Å²) in [4.78, 5) is 39.5. The summed E-state index contributed by atoms with van der Waals surface area (Å²) < 4.78 is 18.0. The van der Waals surface area contributed by atoms with Crippen molar-refractivity contribution in [2.75, 3.05) is 39.5 Å². The molecule has 32 heavy (non-hydrogen) atoms. The molecule has 8 nitrogen and oxygen atoms in total. The third-order valence-electron chi connectivity index (χ3n) is 4.77. The Morgan fingerprint density at radius 3 is 2.53 bits per heavy atom. The molecule has 0 bridgehead atoms. The molecule has 1 aliphatic rings. The van der Waals surface area contributed by atoms with Crippen LogP contribution in [-0.4, -0.2) is 60.9 Å². The summed E-state index contributed by atoms with van der Waals surface area (Å²) in [7, 11) is 0. The Morgan fingerprint density at radius 1 is 1.16 bits per heavy atom. The third-order valence-corrected chi connectivity index (χ3v) is 5.83. The van der Waals surface area contributed by atoms with Crippen molar-refractivity contribution in [3.05, 3.63) is 49.4 Å². The van der Waals surface area contributed by atoms with Crippen molar-refractivity contribution in [3.63, 3.8) is 0 Å². The summed E-state index contributed by atoms with van der Waals surface area (Å²) in [6, 6.07) is 7.42. The minimum Gasteiger partial charge on any atom is -0.494 e. The number of thiazole rings is 1. The summed E-state index contributed by atoms with van der Waals surface area (Å²) >= 11 is 1.15. The van der Waals surface area contributed by atoms with Crippen LogP contribution in [-0.2, 0) is 25.6 Å². The fourth-order valence-corrected chi connectivity index (χ4v) is 4.19. The van der Waals surface area contributed by atoms with Crippen LogP contribution in [0.15, 0.2) is 29.1 Å². The van der Waals surface area contributed by atoms with Gasteiger partial charge in [-0.1, -0.05) is 19.1 Å². The highest BCUT2D eigenvalue weighted by molar-refractivity contribution is 7.07. The van der Waals surface area contributed by atoms with Crippen molar-refractivity contribution in [1.82, 2.24) is 9.47 Å². The van der Waals surface area contributed by atoms with Gasteiger partial charge in [0.25, 0.3) is 5.56 Å². The first-order chi connectivity index (χ1) is 15.5. The molecule has 172 valence electrons. The smallest absolute Gasteiger partial charge is 0.333 e. The average molecular weight is 461 g/mol. The van der Waals surface area contributed by atoms with Crippen LogP contribution in [0.3, 0.4) is 0 Å². The van der Waals surface area contributed by atoms with Gasteiger partial charge in [0.2, 0.25) is 5.91 Å². The summed E-state index contributed by atoms with van der Waals surface area (Å²) in [5.41, 5.74) is 0.500. The summed E-state index contributed by atoms with van der Waals surface area (Å²) in [6.07, 6.45) is 3.93. The molecule has 2 heterocycles. The highest BCUT2D eigenvalue weighted by Gasteiger charge is 2.19. The second kappa shape index (κ2) is 11.6. The lowest BCUT2D eigenvalue weighted by Crippen LogP contribution is -2.45. The lowest BCUT2D eigenvalue weighted by atomic mass is 10.2. The lowest BCUT2D eigenvalue weighted by molar-refractivity contribution is -0.136. The number of amides is 1. The number of carbonyl (C=O) groups excluding carboxylic acids is 2. The molecule has 1 saturated heterocycles. The van der Waals surface area contributed by atoms with E-state index in [0.29, 0.717) is 42.1 Å². The van der Waals surface area contributed by atoms with Gasteiger partial charge in [0.15, 0.2) is 0 Å². The van der Waals surface area contributed by atoms with Gasteiger partial charge in [-0.3, -0.25) is 14.2 Å².